The summed E-state index contributed by atoms with van der Waals surface area (Å²) in [6, 6.07) is 7.29. The summed E-state index contributed by atoms with van der Waals surface area (Å²) in [7, 11) is 1.45. The highest BCUT2D eigenvalue weighted by Gasteiger charge is 2.31. The molecule has 0 aliphatic carbocycles. The smallest absolute Gasteiger partial charge is 0.309 e. The zero-order chi connectivity index (χ0) is 21.8. The minimum Gasteiger partial charge on any atom is -0.466 e. The topological polar surface area (TPSA) is 99.8 Å². The van der Waals surface area contributed by atoms with Crippen LogP contribution in [0.3, 0.4) is 0 Å². The van der Waals surface area contributed by atoms with Crippen molar-refractivity contribution in [2.75, 3.05) is 33.3 Å². The lowest BCUT2D eigenvalue weighted by molar-refractivity contribution is -0.151. The second kappa shape index (κ2) is 9.11. The van der Waals surface area contributed by atoms with Crippen LogP contribution in [-0.2, 0) is 19.1 Å². The quantitative estimate of drug-likeness (QED) is 0.443. The lowest BCUT2D eigenvalue weighted by atomic mass is 9.97. The molecule has 3 rings (SSSR count). The average Bonchev–Trinajstić information content (AvgIpc) is 3.08. The number of likely N-dealkylation sites (tertiary alicyclic amines) is 1. The molecule has 30 heavy (non-hydrogen) atoms. The molecule has 1 aliphatic heterocycles. The Balaban J connectivity index is 1.60. The molecule has 0 saturated carbocycles. The van der Waals surface area contributed by atoms with Gasteiger partial charge in [-0.15, -0.1) is 0 Å². The van der Waals surface area contributed by atoms with E-state index in [1.165, 1.54) is 7.05 Å². The van der Waals surface area contributed by atoms with Crippen molar-refractivity contribution in [3.8, 4) is 0 Å². The Labute approximate surface area is 175 Å². The largest absolute Gasteiger partial charge is 0.466 e. The first kappa shape index (κ1) is 21.5. The second-order valence-electron chi connectivity index (χ2n) is 7.57. The van der Waals surface area contributed by atoms with Crippen LogP contribution in [0.1, 0.15) is 35.8 Å². The van der Waals surface area contributed by atoms with Crippen molar-refractivity contribution >= 4 is 34.5 Å². The fourth-order valence-corrected chi connectivity index (χ4v) is 3.85. The lowest BCUT2D eigenvalue weighted by Gasteiger charge is -2.32. The number of nitrogens with zero attached hydrogens (tertiary/aromatic N) is 2. The molecule has 2 heterocycles. The number of aromatic nitrogens is 1. The number of H-pyrrole nitrogens is 1. The SMILES string of the molecule is CCOC(=O)C1CCN(C(=O)CN(C)C(=O)C(=O)c2c(C)[nH]c3ccccc23)CC1. The van der Waals surface area contributed by atoms with Gasteiger partial charge in [0.25, 0.3) is 11.7 Å². The van der Waals surface area contributed by atoms with Gasteiger partial charge in [0.05, 0.1) is 24.6 Å². The molecule has 1 aromatic heterocycles. The number of amides is 2. The van der Waals surface area contributed by atoms with E-state index in [4.69, 9.17) is 4.74 Å². The number of likely N-dealkylation sites (N-methyl/N-ethyl adjacent to an activating group) is 1. The molecule has 0 bridgehead atoms. The number of carbonyl (C=O) groups excluding carboxylic acids is 4. The zero-order valence-electron chi connectivity index (χ0n) is 17.6. The normalized spacial score (nSPS) is 14.6. The van der Waals surface area contributed by atoms with Crippen LogP contribution in [0.5, 0.6) is 0 Å². The molecule has 1 aromatic carbocycles. The first-order valence-corrected chi connectivity index (χ1v) is 10.1. The molecule has 0 spiro atoms. The summed E-state index contributed by atoms with van der Waals surface area (Å²) in [5.41, 5.74) is 1.75. The number of piperidine rings is 1. The molecule has 8 nitrogen and oxygen atoms in total. The van der Waals surface area contributed by atoms with Crippen molar-refractivity contribution in [1.82, 2.24) is 14.8 Å². The van der Waals surface area contributed by atoms with Crippen LogP contribution < -0.4 is 0 Å². The Bertz CT molecular complexity index is 972. The summed E-state index contributed by atoms with van der Waals surface area (Å²) in [6.45, 7) is 4.53. The number of rotatable bonds is 6. The van der Waals surface area contributed by atoms with Crippen LogP contribution in [-0.4, -0.2) is 71.6 Å². The number of ether oxygens (including phenoxy) is 1. The third-order valence-corrected chi connectivity index (χ3v) is 5.50. The standard InChI is InChI=1S/C22H27N3O5/c1-4-30-22(29)15-9-11-25(12-10-15)18(26)13-24(3)21(28)20(27)19-14(2)23-17-8-6-5-7-16(17)19/h5-8,15,23H,4,9-13H2,1-3H3. The number of benzene rings is 1. The maximum Gasteiger partial charge on any atom is 0.309 e. The number of ketones is 1. The van der Waals surface area contributed by atoms with Crippen LogP contribution in [0.15, 0.2) is 24.3 Å². The van der Waals surface area contributed by atoms with Crippen LogP contribution >= 0.6 is 0 Å². The average molecular weight is 413 g/mol. The molecule has 2 aromatic rings. The van der Waals surface area contributed by atoms with Gasteiger partial charge in [0.2, 0.25) is 5.91 Å². The van der Waals surface area contributed by atoms with Crippen molar-refractivity contribution in [3.63, 3.8) is 0 Å². The molecular weight excluding hydrogens is 386 g/mol. The number of nitrogens with one attached hydrogen (secondary N) is 1. The summed E-state index contributed by atoms with van der Waals surface area (Å²) < 4.78 is 5.04. The molecular formula is C22H27N3O5. The van der Waals surface area contributed by atoms with E-state index in [9.17, 15) is 19.2 Å². The number of aryl methyl sites for hydroxylation is 1. The summed E-state index contributed by atoms with van der Waals surface area (Å²) in [6.07, 6.45) is 1.07. The Hall–Kier alpha value is -3.16. The van der Waals surface area contributed by atoms with Gasteiger partial charge < -0.3 is 19.5 Å². The van der Waals surface area contributed by atoms with Gasteiger partial charge in [0, 0.05) is 36.7 Å². The Morgan fingerprint density at radius 2 is 1.83 bits per heavy atom. The maximum absolute atomic E-state index is 12.8. The van der Waals surface area contributed by atoms with Crippen LogP contribution in [0, 0.1) is 12.8 Å². The van der Waals surface area contributed by atoms with Crippen molar-refractivity contribution in [2.45, 2.75) is 26.7 Å². The molecule has 160 valence electrons. The van der Waals surface area contributed by atoms with E-state index in [0.717, 1.165) is 10.4 Å². The van der Waals surface area contributed by atoms with Crippen molar-refractivity contribution in [2.24, 2.45) is 5.92 Å². The second-order valence-corrected chi connectivity index (χ2v) is 7.57. The fourth-order valence-electron chi connectivity index (χ4n) is 3.85. The molecule has 1 aliphatic rings. The number of esters is 1. The zero-order valence-corrected chi connectivity index (χ0v) is 17.6. The van der Waals surface area contributed by atoms with Gasteiger partial charge in [-0.25, -0.2) is 0 Å². The molecule has 1 fully saturated rings. The van der Waals surface area contributed by atoms with E-state index in [2.05, 4.69) is 4.98 Å². The van der Waals surface area contributed by atoms with Gasteiger partial charge in [-0.05, 0) is 32.8 Å². The van der Waals surface area contributed by atoms with E-state index >= 15 is 0 Å². The highest BCUT2D eigenvalue weighted by Crippen LogP contribution is 2.23. The van der Waals surface area contributed by atoms with E-state index in [0.29, 0.717) is 49.2 Å². The summed E-state index contributed by atoms with van der Waals surface area (Å²) in [4.78, 5) is 55.9. The third kappa shape index (κ3) is 4.37. The molecule has 2 amide bonds. The molecule has 1 saturated heterocycles. The first-order valence-electron chi connectivity index (χ1n) is 10.1. The molecule has 1 N–H and O–H groups in total. The summed E-state index contributed by atoms with van der Waals surface area (Å²) >= 11 is 0. The lowest BCUT2D eigenvalue weighted by Crippen LogP contribution is -2.46. The van der Waals surface area contributed by atoms with Crippen molar-refractivity contribution in [1.29, 1.82) is 0 Å². The van der Waals surface area contributed by atoms with Crippen LogP contribution in [0.4, 0.5) is 0 Å². The van der Waals surface area contributed by atoms with Gasteiger partial charge in [-0.3, -0.25) is 19.2 Å². The molecule has 0 atom stereocenters. The van der Waals surface area contributed by atoms with Gasteiger partial charge in [0.15, 0.2) is 0 Å². The number of para-hydroxylation sites is 1. The van der Waals surface area contributed by atoms with Gasteiger partial charge >= 0.3 is 5.97 Å². The number of hydrogen-bond acceptors (Lipinski definition) is 5. The molecule has 8 heteroatoms. The Kier molecular flexibility index (Phi) is 6.54. The van der Waals surface area contributed by atoms with E-state index < -0.39 is 11.7 Å². The van der Waals surface area contributed by atoms with E-state index in [-0.39, 0.29) is 24.3 Å². The van der Waals surface area contributed by atoms with Crippen LogP contribution in [0.25, 0.3) is 10.9 Å². The van der Waals surface area contributed by atoms with Crippen LogP contribution in [0.2, 0.25) is 0 Å². The molecule has 0 radical (unpaired) electrons. The fraction of sp³-hybridized carbons (Fsp3) is 0.455. The third-order valence-electron chi connectivity index (χ3n) is 5.50. The highest BCUT2D eigenvalue weighted by molar-refractivity contribution is 6.45. The van der Waals surface area contributed by atoms with E-state index in [1.54, 1.807) is 24.8 Å². The predicted octanol–water partition coefficient (Wildman–Crippen LogP) is 1.92. The molecule has 0 unspecified atom stereocenters. The minimum atomic E-state index is -0.724. The predicted molar refractivity (Wildman–Crippen MR) is 111 cm³/mol. The number of aromatic amines is 1. The monoisotopic (exact) mass is 413 g/mol. The summed E-state index contributed by atoms with van der Waals surface area (Å²) in [5, 5.41) is 0.689. The van der Waals surface area contributed by atoms with E-state index in [1.807, 2.05) is 18.2 Å². The van der Waals surface area contributed by atoms with Gasteiger partial charge in [-0.2, -0.15) is 0 Å². The van der Waals surface area contributed by atoms with Crippen molar-refractivity contribution in [3.05, 3.63) is 35.5 Å². The van der Waals surface area contributed by atoms with Gasteiger partial charge in [-0.1, -0.05) is 18.2 Å². The first-order chi connectivity index (χ1) is 14.3. The maximum atomic E-state index is 12.8. The number of hydrogen-bond donors (Lipinski definition) is 1. The summed E-state index contributed by atoms with van der Waals surface area (Å²) in [5.74, 6) is -2.02. The van der Waals surface area contributed by atoms with Gasteiger partial charge in [0.1, 0.15) is 0 Å². The number of Topliss-reactive ketones (excluding diaryl/α,β-unsaturated/α-hetero) is 1. The minimum absolute atomic E-state index is 0.184. The Morgan fingerprint density at radius 1 is 1.17 bits per heavy atom. The Morgan fingerprint density at radius 3 is 2.50 bits per heavy atom. The number of carbonyl (C=O) groups is 4. The van der Waals surface area contributed by atoms with Crippen molar-refractivity contribution < 1.29 is 23.9 Å². The number of fused-ring (bicyclic) bond motifs is 1. The highest BCUT2D eigenvalue weighted by atomic mass is 16.5.